The molecule has 0 radical (unpaired) electrons. The van der Waals surface area contributed by atoms with Crippen LogP contribution in [0, 0.1) is 23.7 Å². The number of nitrogens with one attached hydrogen (secondary N) is 10. The van der Waals surface area contributed by atoms with E-state index in [0.29, 0.717) is 10.9 Å². The zero-order valence-corrected chi connectivity index (χ0v) is 52.6. The van der Waals surface area contributed by atoms with E-state index in [2.05, 4.69) is 67.5 Å². The Morgan fingerprint density at radius 1 is 0.411 bits per heavy atom. The Morgan fingerprint density at radius 3 is 1.07 bits per heavy atom. The van der Waals surface area contributed by atoms with Gasteiger partial charge in [0.15, 0.2) is 17.9 Å². The Bertz CT molecular complexity index is 3180. The van der Waals surface area contributed by atoms with E-state index >= 15 is 0 Å². The number of aliphatic imine (C=N–C) groups is 3. The lowest BCUT2D eigenvalue weighted by Gasteiger charge is -2.31. The number of benzene rings is 2. The number of aromatic amines is 2. The van der Waals surface area contributed by atoms with Crippen molar-refractivity contribution in [3.8, 4) is 0 Å². The predicted octanol–water partition coefficient (Wildman–Crippen LogP) is -1.49. The fraction of sp³-hybridized carbons (Fsp3) is 0.533. The first-order chi connectivity index (χ1) is 42.5. The van der Waals surface area contributed by atoms with Crippen LogP contribution < -0.4 is 82.7 Å². The molecule has 9 atom stereocenters. The molecule has 2 heterocycles. The molecule has 25 N–H and O–H groups in total. The maximum Gasteiger partial charge on any atom is 0.326 e. The largest absolute Gasteiger partial charge is 0.480 e. The zero-order valence-electron chi connectivity index (χ0n) is 52.6. The van der Waals surface area contributed by atoms with Gasteiger partial charge in [0.05, 0.1) is 6.04 Å². The van der Waals surface area contributed by atoms with Gasteiger partial charge in [-0.25, -0.2) is 4.79 Å². The van der Waals surface area contributed by atoms with Crippen molar-refractivity contribution in [2.45, 2.75) is 161 Å². The third-order valence-electron chi connectivity index (χ3n) is 14.9. The van der Waals surface area contributed by atoms with Gasteiger partial charge in [-0.1, -0.05) is 91.8 Å². The first-order valence-corrected chi connectivity index (χ1v) is 30.2. The number of nitrogens with zero attached hydrogens (tertiary/aromatic N) is 3. The van der Waals surface area contributed by atoms with Crippen LogP contribution >= 0.6 is 0 Å². The van der Waals surface area contributed by atoms with Crippen LogP contribution in [-0.2, 0) is 56.0 Å². The first-order valence-electron chi connectivity index (χ1n) is 30.2. The van der Waals surface area contributed by atoms with E-state index in [4.69, 9.17) is 40.1 Å². The Hall–Kier alpha value is -9.48. The SMILES string of the molecule is CC(C)[C@H](NC(=O)[C@@H](NC(=O)[C@@H](NC(=O)[C@@H](NC(=O)[C@@H](N)Cc1c[nH]c2ccccc12)C(C)C)C(C)C)C(C)C)C(=O)N[C@@H](Cc1c[nH]c2ccccc12)C(=O)N[C@@H](CCCN=C(N)N)C(=O)N[C@@H](CCCN=C(N)N)C(=O)N[C@@H](CCCN=C(N)N)C(=O)O. The van der Waals surface area contributed by atoms with Gasteiger partial charge in [0, 0.05) is 60.3 Å². The lowest BCUT2D eigenvalue weighted by molar-refractivity contribution is -0.142. The van der Waals surface area contributed by atoms with Crippen molar-refractivity contribution in [3.05, 3.63) is 72.1 Å². The Morgan fingerprint density at radius 2 is 0.711 bits per heavy atom. The molecule has 0 aliphatic rings. The van der Waals surface area contributed by atoms with Crippen LogP contribution in [0.1, 0.15) is 105 Å². The van der Waals surface area contributed by atoms with Crippen molar-refractivity contribution in [1.82, 2.24) is 52.5 Å². The van der Waals surface area contributed by atoms with Gasteiger partial charge < -0.3 is 97.7 Å². The number of aromatic nitrogens is 2. The lowest BCUT2D eigenvalue weighted by atomic mass is 9.96. The highest BCUT2D eigenvalue weighted by molar-refractivity contribution is 5.99. The van der Waals surface area contributed by atoms with Gasteiger partial charge in [0.1, 0.15) is 48.3 Å². The summed E-state index contributed by atoms with van der Waals surface area (Å²) in [7, 11) is 0. The molecule has 8 amide bonds. The first kappa shape index (κ1) is 73.0. The van der Waals surface area contributed by atoms with Crippen LogP contribution in [0.5, 0.6) is 0 Å². The fourth-order valence-electron chi connectivity index (χ4n) is 9.87. The quantitative estimate of drug-likeness (QED) is 0.0139. The maximum absolute atomic E-state index is 14.9. The molecule has 0 spiro atoms. The monoisotopic (exact) mass is 1250 g/mol. The molecule has 0 saturated heterocycles. The van der Waals surface area contributed by atoms with Crippen LogP contribution in [0.2, 0.25) is 0 Å². The number of carboxylic acids is 1. The minimum atomic E-state index is -1.44. The van der Waals surface area contributed by atoms with Crippen LogP contribution in [0.3, 0.4) is 0 Å². The predicted molar refractivity (Wildman–Crippen MR) is 344 cm³/mol. The van der Waals surface area contributed by atoms with E-state index in [1.54, 1.807) is 73.8 Å². The van der Waals surface area contributed by atoms with E-state index in [1.807, 2.05) is 42.5 Å². The normalized spacial score (nSPS) is 14.4. The number of guanidine groups is 3. The number of hydrogen-bond donors (Lipinski definition) is 18. The van der Waals surface area contributed by atoms with Crippen molar-refractivity contribution >= 4 is 92.9 Å². The van der Waals surface area contributed by atoms with E-state index in [1.165, 1.54) is 0 Å². The minimum Gasteiger partial charge on any atom is -0.480 e. The third-order valence-corrected chi connectivity index (χ3v) is 14.9. The maximum atomic E-state index is 14.9. The highest BCUT2D eigenvalue weighted by atomic mass is 16.4. The second-order valence-corrected chi connectivity index (χ2v) is 23.6. The summed E-state index contributed by atoms with van der Waals surface area (Å²) in [5, 5.41) is 33.4. The van der Waals surface area contributed by atoms with Gasteiger partial charge in [-0.3, -0.25) is 53.3 Å². The molecule has 2 aromatic carbocycles. The number of H-pyrrole nitrogens is 2. The van der Waals surface area contributed by atoms with Gasteiger partial charge in [-0.2, -0.15) is 0 Å². The second kappa shape index (κ2) is 35.5. The summed E-state index contributed by atoms with van der Waals surface area (Å²) in [5.41, 5.74) is 42.4. The molecule has 4 aromatic rings. The number of fused-ring (bicyclic) bond motifs is 2. The van der Waals surface area contributed by atoms with Crippen LogP contribution in [0.4, 0.5) is 0 Å². The van der Waals surface area contributed by atoms with Gasteiger partial charge in [0.25, 0.3) is 0 Å². The Kier molecular flexibility index (Phi) is 28.8. The van der Waals surface area contributed by atoms with E-state index in [0.717, 1.165) is 22.0 Å². The molecule has 2 aromatic heterocycles. The number of carbonyl (C=O) groups is 9. The minimum absolute atomic E-state index is 0.0162. The molecule has 30 heteroatoms. The van der Waals surface area contributed by atoms with Crippen LogP contribution in [0.15, 0.2) is 75.9 Å². The van der Waals surface area contributed by atoms with Crippen molar-refractivity contribution in [2.24, 2.45) is 78.8 Å². The summed E-state index contributed by atoms with van der Waals surface area (Å²) in [6.07, 6.45) is 3.64. The van der Waals surface area contributed by atoms with Gasteiger partial charge in [0.2, 0.25) is 47.3 Å². The number of carbonyl (C=O) groups excluding carboxylic acids is 8. The average Bonchev–Trinajstić information content (AvgIpc) is 2.01. The molecule has 0 unspecified atom stereocenters. The van der Waals surface area contributed by atoms with E-state index < -0.39 is 131 Å². The number of amides is 8. The Balaban J connectivity index is 1.59. The van der Waals surface area contributed by atoms with Crippen LogP contribution in [0.25, 0.3) is 21.8 Å². The molecular formula is C60H94N20O10. The van der Waals surface area contributed by atoms with E-state index in [9.17, 15) is 48.3 Å². The van der Waals surface area contributed by atoms with Gasteiger partial charge in [-0.05, 0) is 91.9 Å². The molecule has 90 heavy (non-hydrogen) atoms. The summed E-state index contributed by atoms with van der Waals surface area (Å²) in [4.78, 5) is 145. The standard InChI is InChI=1S/C60H94N20O10/c1-30(2)45(78-55(87)47(32(5)6)80-56(88)48(33(7)8)79-54(86)46(31(3)4)77-49(81)38(61)26-34-28-71-39-18-11-9-16-36(34)39)53(85)76-44(27-35-29-72-40-19-12-10-17-37(35)40)52(84)74-41(20-13-23-68-58(62)63)50(82)73-42(21-14-24-69-59(64)65)51(83)75-43(57(89)90)22-15-25-70-60(66)67/h9-12,16-19,28-33,38,41-48,71-72H,13-15,20-27,61H2,1-8H3,(H,73,82)(H,74,84)(H,75,83)(H,76,85)(H,77,81)(H,78,87)(H,79,86)(H,80,88)(H,89,90)(H4,62,63,68)(H4,64,65,69)(H4,66,67,70)/t38-,41-,42-,43-,44-,45-,46-,47-,48-/m0/s1. The Labute approximate surface area is 523 Å². The molecule has 0 saturated carbocycles. The highest BCUT2D eigenvalue weighted by Crippen LogP contribution is 2.22. The van der Waals surface area contributed by atoms with E-state index in [-0.39, 0.29) is 88.9 Å². The van der Waals surface area contributed by atoms with Crippen molar-refractivity contribution < 1.29 is 48.3 Å². The highest BCUT2D eigenvalue weighted by Gasteiger charge is 2.38. The van der Waals surface area contributed by atoms with Gasteiger partial charge in [-0.15, -0.1) is 0 Å². The molecule has 0 fully saturated rings. The molecule has 30 nitrogen and oxygen atoms in total. The number of rotatable bonds is 37. The molecular weight excluding hydrogens is 1160 g/mol. The summed E-state index contributed by atoms with van der Waals surface area (Å²) >= 11 is 0. The molecule has 494 valence electrons. The number of nitrogens with two attached hydrogens (primary N) is 7. The van der Waals surface area contributed by atoms with Crippen molar-refractivity contribution in [2.75, 3.05) is 19.6 Å². The smallest absolute Gasteiger partial charge is 0.326 e. The fourth-order valence-corrected chi connectivity index (χ4v) is 9.87. The average molecular weight is 1260 g/mol. The summed E-state index contributed by atoms with van der Waals surface area (Å²) in [6.45, 7) is 13.7. The molecule has 4 rings (SSSR count). The number of aliphatic carboxylic acids is 1. The number of para-hydroxylation sites is 2. The second-order valence-electron chi connectivity index (χ2n) is 23.6. The summed E-state index contributed by atoms with van der Waals surface area (Å²) in [5.74, 6) is -10.3. The van der Waals surface area contributed by atoms with Crippen molar-refractivity contribution in [3.63, 3.8) is 0 Å². The topological polar surface area (TPSA) is 521 Å². The third kappa shape index (κ3) is 22.9. The van der Waals surface area contributed by atoms with Crippen LogP contribution in [-0.4, -0.2) is 160 Å². The molecule has 0 aliphatic heterocycles. The molecule has 0 aliphatic carbocycles. The summed E-state index contributed by atoms with van der Waals surface area (Å²) < 4.78 is 0. The zero-order chi connectivity index (χ0) is 66.9. The summed E-state index contributed by atoms with van der Waals surface area (Å²) in [6, 6.07) is 3.24. The molecule has 0 bridgehead atoms. The number of carboxylic acid groups (broad SMARTS) is 1. The van der Waals surface area contributed by atoms with Gasteiger partial charge >= 0.3 is 5.97 Å². The number of hydrogen-bond acceptors (Lipinski definition) is 13. The lowest BCUT2D eigenvalue weighted by Crippen LogP contribution is -2.62. The van der Waals surface area contributed by atoms with Crippen molar-refractivity contribution in [1.29, 1.82) is 0 Å².